The van der Waals surface area contributed by atoms with Gasteiger partial charge in [0.05, 0.1) is 28.6 Å². The molecule has 0 saturated heterocycles. The number of methoxy groups -OCH3 is 1. The molecule has 0 heterocycles. The van der Waals surface area contributed by atoms with Crippen LogP contribution in [-0.2, 0) is 0 Å². The van der Waals surface area contributed by atoms with Gasteiger partial charge in [-0.25, -0.2) is 0 Å². The maximum absolute atomic E-state index is 11.4. The second kappa shape index (κ2) is 4.87. The predicted molar refractivity (Wildman–Crippen MR) is 58.1 cm³/mol. The highest BCUT2D eigenvalue weighted by atomic mass is 35.5. The maximum Gasteiger partial charge on any atom is 0.182 e. The number of ether oxygens (including phenoxy) is 1. The van der Waals surface area contributed by atoms with Crippen LogP contribution >= 0.6 is 34.8 Å². The van der Waals surface area contributed by atoms with Crippen molar-refractivity contribution in [2.75, 3.05) is 13.0 Å². The molecule has 76 valence electrons. The molecule has 1 rings (SSSR count). The fourth-order valence-corrected chi connectivity index (χ4v) is 1.58. The Bertz CT molecular complexity index is 363. The van der Waals surface area contributed by atoms with Crippen LogP contribution < -0.4 is 4.74 Å². The van der Waals surface area contributed by atoms with Crippen molar-refractivity contribution in [1.29, 1.82) is 0 Å². The molecule has 2 nitrogen and oxygen atoms in total. The van der Waals surface area contributed by atoms with E-state index in [4.69, 9.17) is 39.5 Å². The minimum atomic E-state index is -0.309. The molecule has 1 aromatic carbocycles. The summed E-state index contributed by atoms with van der Waals surface area (Å²) in [6.45, 7) is 0. The molecule has 5 heteroatoms. The molecule has 1 aromatic rings. The highest BCUT2D eigenvalue weighted by Crippen LogP contribution is 2.33. The zero-order chi connectivity index (χ0) is 10.7. The van der Waals surface area contributed by atoms with Crippen molar-refractivity contribution in [2.24, 2.45) is 0 Å². The van der Waals surface area contributed by atoms with E-state index in [1.807, 2.05) is 0 Å². The number of hydrogen-bond donors (Lipinski definition) is 0. The van der Waals surface area contributed by atoms with Crippen LogP contribution in [0.5, 0.6) is 5.75 Å². The van der Waals surface area contributed by atoms with Crippen molar-refractivity contribution in [2.45, 2.75) is 0 Å². The fourth-order valence-electron chi connectivity index (χ4n) is 1.03. The summed E-state index contributed by atoms with van der Waals surface area (Å²) in [6, 6.07) is 3.14. The van der Waals surface area contributed by atoms with Crippen LogP contribution in [-0.4, -0.2) is 18.8 Å². The van der Waals surface area contributed by atoms with E-state index >= 15 is 0 Å². The van der Waals surface area contributed by atoms with Crippen LogP contribution in [0, 0.1) is 0 Å². The number of hydrogen-bond acceptors (Lipinski definition) is 2. The summed E-state index contributed by atoms with van der Waals surface area (Å²) >= 11 is 17.1. The number of halogens is 3. The molecule has 0 atom stereocenters. The molecule has 0 amide bonds. The van der Waals surface area contributed by atoms with Gasteiger partial charge < -0.3 is 4.74 Å². The van der Waals surface area contributed by atoms with E-state index in [0.717, 1.165) is 0 Å². The summed E-state index contributed by atoms with van der Waals surface area (Å²) in [4.78, 5) is 11.4. The third kappa shape index (κ3) is 2.14. The topological polar surface area (TPSA) is 26.3 Å². The molecule has 14 heavy (non-hydrogen) atoms. The Morgan fingerprint density at radius 3 is 2.57 bits per heavy atom. The maximum atomic E-state index is 11.4. The highest BCUT2D eigenvalue weighted by molar-refractivity contribution is 6.45. The third-order valence-corrected chi connectivity index (χ3v) is 2.72. The summed E-state index contributed by atoms with van der Waals surface area (Å²) < 4.78 is 4.98. The summed E-state index contributed by atoms with van der Waals surface area (Å²) in [6.07, 6.45) is 0. The van der Waals surface area contributed by atoms with Crippen LogP contribution in [0.2, 0.25) is 10.0 Å². The van der Waals surface area contributed by atoms with Gasteiger partial charge >= 0.3 is 0 Å². The van der Waals surface area contributed by atoms with Gasteiger partial charge in [-0.15, -0.1) is 11.6 Å². The van der Waals surface area contributed by atoms with Gasteiger partial charge in [0.25, 0.3) is 0 Å². The van der Waals surface area contributed by atoms with E-state index < -0.39 is 0 Å². The number of ketones is 1. The average Bonchev–Trinajstić information content (AvgIpc) is 2.20. The molecule has 0 bridgehead atoms. The van der Waals surface area contributed by atoms with E-state index in [2.05, 4.69) is 0 Å². The summed E-state index contributed by atoms with van der Waals surface area (Å²) in [5.74, 6) is -0.0859. The lowest BCUT2D eigenvalue weighted by Crippen LogP contribution is -2.04. The molecular weight excluding hydrogens is 246 g/mol. The lowest BCUT2D eigenvalue weighted by atomic mass is 10.1. The Labute approximate surface area is 96.7 Å². The SMILES string of the molecule is COc1ccc(Cl)c(Cl)c1C(=O)CCl. The summed E-state index contributed by atoms with van der Waals surface area (Å²) in [5, 5.41) is 0.484. The molecular formula is C9H7Cl3O2. The second-order valence-corrected chi connectivity index (χ2v) is 3.55. The Balaban J connectivity index is 3.35. The standard InChI is InChI=1S/C9H7Cl3O2/c1-14-7-3-2-5(11)9(12)8(7)6(13)4-10/h2-3H,4H2,1H3. The largest absolute Gasteiger partial charge is 0.496 e. The predicted octanol–water partition coefficient (Wildman–Crippen LogP) is 3.42. The van der Waals surface area contributed by atoms with E-state index in [1.165, 1.54) is 7.11 Å². The van der Waals surface area contributed by atoms with Crippen LogP contribution in [0.3, 0.4) is 0 Å². The van der Waals surface area contributed by atoms with E-state index in [1.54, 1.807) is 12.1 Å². The molecule has 0 spiro atoms. The number of carbonyl (C=O) groups excluding carboxylic acids is 1. The van der Waals surface area contributed by atoms with Gasteiger partial charge in [-0.05, 0) is 12.1 Å². The van der Waals surface area contributed by atoms with Crippen molar-refractivity contribution in [1.82, 2.24) is 0 Å². The van der Waals surface area contributed by atoms with Crippen LogP contribution in [0.15, 0.2) is 12.1 Å². The third-order valence-electron chi connectivity index (χ3n) is 1.68. The second-order valence-electron chi connectivity index (χ2n) is 2.50. The van der Waals surface area contributed by atoms with Gasteiger partial charge in [-0.1, -0.05) is 23.2 Å². The van der Waals surface area contributed by atoms with Crippen molar-refractivity contribution in [3.8, 4) is 5.75 Å². The minimum Gasteiger partial charge on any atom is -0.496 e. The number of carbonyl (C=O) groups is 1. The normalized spacial score (nSPS) is 10.0. The van der Waals surface area contributed by atoms with Gasteiger partial charge in [0, 0.05) is 0 Å². The van der Waals surface area contributed by atoms with Gasteiger partial charge in [0.1, 0.15) is 5.75 Å². The smallest absolute Gasteiger partial charge is 0.182 e. The number of benzene rings is 1. The first-order valence-electron chi connectivity index (χ1n) is 3.73. The molecule has 0 N–H and O–H groups in total. The molecule has 0 aliphatic carbocycles. The fraction of sp³-hybridized carbons (Fsp3) is 0.222. The first kappa shape index (κ1) is 11.6. The molecule has 0 aromatic heterocycles. The molecule has 0 unspecified atom stereocenters. The van der Waals surface area contributed by atoms with Gasteiger partial charge in [0.15, 0.2) is 5.78 Å². The van der Waals surface area contributed by atoms with Crippen molar-refractivity contribution in [3.05, 3.63) is 27.7 Å². The van der Waals surface area contributed by atoms with Crippen molar-refractivity contribution < 1.29 is 9.53 Å². The van der Waals surface area contributed by atoms with Crippen LogP contribution in [0.25, 0.3) is 0 Å². The lowest BCUT2D eigenvalue weighted by Gasteiger charge is -2.08. The van der Waals surface area contributed by atoms with Gasteiger partial charge in [-0.2, -0.15) is 0 Å². The molecule has 0 aliphatic rings. The molecule has 0 radical (unpaired) electrons. The summed E-state index contributed by atoms with van der Waals surface area (Å²) in [7, 11) is 1.45. The minimum absolute atomic E-state index is 0.156. The van der Waals surface area contributed by atoms with E-state index in [9.17, 15) is 4.79 Å². The van der Waals surface area contributed by atoms with Crippen LogP contribution in [0.4, 0.5) is 0 Å². The van der Waals surface area contributed by atoms with Gasteiger partial charge in [0.2, 0.25) is 0 Å². The van der Waals surface area contributed by atoms with E-state index in [-0.39, 0.29) is 22.2 Å². The Hall–Kier alpha value is -0.440. The van der Waals surface area contributed by atoms with Gasteiger partial charge in [-0.3, -0.25) is 4.79 Å². The Kier molecular flexibility index (Phi) is 4.05. The average molecular weight is 254 g/mol. The van der Waals surface area contributed by atoms with E-state index in [0.29, 0.717) is 10.8 Å². The van der Waals surface area contributed by atoms with Crippen molar-refractivity contribution >= 4 is 40.6 Å². The first-order chi connectivity index (χ1) is 6.61. The highest BCUT2D eigenvalue weighted by Gasteiger charge is 2.17. The lowest BCUT2D eigenvalue weighted by molar-refractivity contribution is 0.101. The number of Topliss-reactive ketones (excluding diaryl/α,β-unsaturated/α-hetero) is 1. The zero-order valence-electron chi connectivity index (χ0n) is 7.31. The Morgan fingerprint density at radius 1 is 1.43 bits per heavy atom. The monoisotopic (exact) mass is 252 g/mol. The quantitative estimate of drug-likeness (QED) is 0.609. The number of alkyl halides is 1. The first-order valence-corrected chi connectivity index (χ1v) is 5.02. The summed E-state index contributed by atoms with van der Waals surface area (Å²) in [5.41, 5.74) is 0.233. The zero-order valence-corrected chi connectivity index (χ0v) is 9.58. The van der Waals surface area contributed by atoms with Crippen molar-refractivity contribution in [3.63, 3.8) is 0 Å². The molecule has 0 aliphatic heterocycles. The Morgan fingerprint density at radius 2 is 2.07 bits per heavy atom. The molecule has 0 saturated carbocycles. The molecule has 0 fully saturated rings. The number of rotatable bonds is 3. The van der Waals surface area contributed by atoms with Crippen LogP contribution in [0.1, 0.15) is 10.4 Å².